The van der Waals surface area contributed by atoms with E-state index in [4.69, 9.17) is 10.2 Å². The van der Waals surface area contributed by atoms with Crippen LogP contribution in [0.1, 0.15) is 45.3 Å². The summed E-state index contributed by atoms with van der Waals surface area (Å²) in [7, 11) is -3.51. The molecule has 0 amide bonds. The molecule has 1 aliphatic rings. The summed E-state index contributed by atoms with van der Waals surface area (Å²) < 4.78 is 32.6. The minimum absolute atomic E-state index is 0.183. The van der Waals surface area contributed by atoms with Crippen molar-refractivity contribution < 1.29 is 12.8 Å². The molecule has 120 valence electrons. The number of piperidine rings is 1. The van der Waals surface area contributed by atoms with Crippen molar-refractivity contribution in [2.24, 2.45) is 11.1 Å². The average Bonchev–Trinajstić information content (AvgIpc) is 2.89. The van der Waals surface area contributed by atoms with Crippen molar-refractivity contribution in [3.63, 3.8) is 0 Å². The summed E-state index contributed by atoms with van der Waals surface area (Å²) in [4.78, 5) is 0.184. The highest BCUT2D eigenvalue weighted by atomic mass is 79.9. The molecule has 0 spiro atoms. The molecule has 2 N–H and O–H groups in total. The van der Waals surface area contributed by atoms with E-state index in [0.717, 1.165) is 25.7 Å². The summed E-state index contributed by atoms with van der Waals surface area (Å²) in [5, 5.41) is 0. The number of rotatable bonds is 5. The first-order valence-electron chi connectivity index (χ1n) is 7.37. The van der Waals surface area contributed by atoms with Crippen LogP contribution in [0.5, 0.6) is 0 Å². The van der Waals surface area contributed by atoms with Crippen LogP contribution in [-0.2, 0) is 16.6 Å². The van der Waals surface area contributed by atoms with Gasteiger partial charge < -0.3 is 10.2 Å². The van der Waals surface area contributed by atoms with Gasteiger partial charge in [0.15, 0.2) is 4.67 Å². The Morgan fingerprint density at radius 1 is 1.33 bits per heavy atom. The topological polar surface area (TPSA) is 76.5 Å². The Kier molecular flexibility index (Phi) is 5.18. The molecule has 0 atom stereocenters. The van der Waals surface area contributed by atoms with Gasteiger partial charge in [0, 0.05) is 19.2 Å². The third-order valence-electron chi connectivity index (χ3n) is 4.81. The van der Waals surface area contributed by atoms with Gasteiger partial charge in [-0.15, -0.1) is 0 Å². The molecule has 0 aliphatic carbocycles. The van der Waals surface area contributed by atoms with Gasteiger partial charge in [-0.3, -0.25) is 0 Å². The first kappa shape index (κ1) is 17.0. The Morgan fingerprint density at radius 3 is 2.33 bits per heavy atom. The predicted molar refractivity (Wildman–Crippen MR) is 85.3 cm³/mol. The number of furan rings is 1. The van der Waals surface area contributed by atoms with E-state index in [-0.39, 0.29) is 16.1 Å². The van der Waals surface area contributed by atoms with Crippen molar-refractivity contribution in [2.75, 3.05) is 13.1 Å². The lowest BCUT2D eigenvalue weighted by atomic mass is 9.75. The van der Waals surface area contributed by atoms with Crippen molar-refractivity contribution in [3.05, 3.63) is 16.5 Å². The maximum atomic E-state index is 12.7. The van der Waals surface area contributed by atoms with Gasteiger partial charge in [0.25, 0.3) is 0 Å². The van der Waals surface area contributed by atoms with E-state index in [0.29, 0.717) is 24.3 Å². The SMILES string of the molecule is CCC1(CC)CCN(S(=O)(=O)c2cc(CN)oc2Br)CC1. The molecule has 21 heavy (non-hydrogen) atoms. The molecule has 2 heterocycles. The van der Waals surface area contributed by atoms with Crippen LogP contribution in [0.3, 0.4) is 0 Å². The number of halogens is 1. The fourth-order valence-electron chi connectivity index (χ4n) is 2.97. The van der Waals surface area contributed by atoms with E-state index >= 15 is 0 Å². The predicted octanol–water partition coefficient (Wildman–Crippen LogP) is 3.09. The quantitative estimate of drug-likeness (QED) is 0.853. The fourth-order valence-corrected chi connectivity index (χ4v) is 5.37. The van der Waals surface area contributed by atoms with Gasteiger partial charge in [-0.25, -0.2) is 8.42 Å². The molecule has 1 aromatic heterocycles. The van der Waals surface area contributed by atoms with E-state index in [1.807, 2.05) is 0 Å². The first-order chi connectivity index (χ1) is 9.88. The van der Waals surface area contributed by atoms with Gasteiger partial charge in [0.05, 0.1) is 6.54 Å². The van der Waals surface area contributed by atoms with Gasteiger partial charge >= 0.3 is 0 Å². The van der Waals surface area contributed by atoms with Crippen LogP contribution in [0.15, 0.2) is 20.0 Å². The summed E-state index contributed by atoms with van der Waals surface area (Å²) in [5.41, 5.74) is 5.80. The zero-order valence-corrected chi connectivity index (χ0v) is 15.0. The lowest BCUT2D eigenvalue weighted by molar-refractivity contribution is 0.141. The lowest BCUT2D eigenvalue weighted by Crippen LogP contribution is -2.42. The molecule has 1 aliphatic heterocycles. The molecule has 0 aromatic carbocycles. The molecule has 0 unspecified atom stereocenters. The summed E-state index contributed by atoms with van der Waals surface area (Å²) >= 11 is 3.18. The molecule has 1 aromatic rings. The van der Waals surface area contributed by atoms with Crippen LogP contribution in [-0.4, -0.2) is 25.8 Å². The highest BCUT2D eigenvalue weighted by Gasteiger charge is 2.37. The Labute approximate surface area is 135 Å². The minimum atomic E-state index is -3.51. The number of sulfonamides is 1. The smallest absolute Gasteiger partial charge is 0.247 e. The minimum Gasteiger partial charge on any atom is -0.452 e. The van der Waals surface area contributed by atoms with Gasteiger partial charge in [-0.05, 0) is 34.2 Å². The molecular weight excluding hydrogens is 356 g/mol. The highest BCUT2D eigenvalue weighted by Crippen LogP contribution is 2.40. The molecular formula is C14H23BrN2O3S. The Morgan fingerprint density at radius 2 is 1.90 bits per heavy atom. The number of hydrogen-bond acceptors (Lipinski definition) is 4. The summed E-state index contributed by atoms with van der Waals surface area (Å²) in [6.45, 7) is 5.70. The molecule has 0 saturated carbocycles. The van der Waals surface area contributed by atoms with Crippen molar-refractivity contribution in [1.29, 1.82) is 0 Å². The van der Waals surface area contributed by atoms with Gasteiger partial charge in [-0.2, -0.15) is 4.31 Å². The second kappa shape index (κ2) is 6.40. The number of nitrogens with two attached hydrogens (primary N) is 1. The van der Waals surface area contributed by atoms with Crippen LogP contribution in [0, 0.1) is 5.41 Å². The summed E-state index contributed by atoms with van der Waals surface area (Å²) in [6, 6.07) is 1.51. The summed E-state index contributed by atoms with van der Waals surface area (Å²) in [5.74, 6) is 0.467. The molecule has 0 bridgehead atoms. The normalized spacial score (nSPS) is 19.8. The second-order valence-electron chi connectivity index (χ2n) is 5.67. The zero-order chi connectivity index (χ0) is 15.7. The van der Waals surface area contributed by atoms with Crippen LogP contribution >= 0.6 is 15.9 Å². The van der Waals surface area contributed by atoms with E-state index in [1.54, 1.807) is 4.31 Å². The second-order valence-corrected chi connectivity index (χ2v) is 8.29. The molecule has 2 rings (SSSR count). The zero-order valence-electron chi connectivity index (χ0n) is 12.6. The van der Waals surface area contributed by atoms with Crippen LogP contribution in [0.25, 0.3) is 0 Å². The molecule has 1 saturated heterocycles. The van der Waals surface area contributed by atoms with Crippen molar-refractivity contribution in [2.45, 2.75) is 51.0 Å². The van der Waals surface area contributed by atoms with Crippen LogP contribution in [0.2, 0.25) is 0 Å². The van der Waals surface area contributed by atoms with Crippen molar-refractivity contribution >= 4 is 26.0 Å². The third kappa shape index (κ3) is 3.21. The number of hydrogen-bond donors (Lipinski definition) is 1. The van der Waals surface area contributed by atoms with Gasteiger partial charge in [-0.1, -0.05) is 26.7 Å². The molecule has 5 nitrogen and oxygen atoms in total. The Bertz CT molecular complexity index is 583. The van der Waals surface area contributed by atoms with E-state index < -0.39 is 10.0 Å². The first-order valence-corrected chi connectivity index (χ1v) is 9.60. The third-order valence-corrected chi connectivity index (χ3v) is 7.56. The highest BCUT2D eigenvalue weighted by molar-refractivity contribution is 9.10. The molecule has 1 fully saturated rings. The number of nitrogens with zero attached hydrogens (tertiary/aromatic N) is 1. The standard InChI is InChI=1S/C14H23BrN2O3S/c1-3-14(4-2)5-7-17(8-6-14)21(18,19)12-9-11(10-16)20-13(12)15/h9H,3-8,10,16H2,1-2H3. The largest absolute Gasteiger partial charge is 0.452 e. The Hall–Kier alpha value is -0.370. The average molecular weight is 379 g/mol. The van der Waals surface area contributed by atoms with Crippen LogP contribution < -0.4 is 5.73 Å². The molecule has 0 radical (unpaired) electrons. The van der Waals surface area contributed by atoms with Crippen molar-refractivity contribution in [1.82, 2.24) is 4.31 Å². The summed E-state index contributed by atoms with van der Waals surface area (Å²) in [6.07, 6.45) is 4.03. The maximum absolute atomic E-state index is 12.7. The van der Waals surface area contributed by atoms with Crippen LogP contribution in [0.4, 0.5) is 0 Å². The Balaban J connectivity index is 2.20. The van der Waals surface area contributed by atoms with E-state index in [9.17, 15) is 8.42 Å². The van der Waals surface area contributed by atoms with Gasteiger partial charge in [0.1, 0.15) is 10.7 Å². The maximum Gasteiger partial charge on any atom is 0.247 e. The van der Waals surface area contributed by atoms with E-state index in [1.165, 1.54) is 6.07 Å². The van der Waals surface area contributed by atoms with E-state index in [2.05, 4.69) is 29.8 Å². The van der Waals surface area contributed by atoms with Gasteiger partial charge in [0.2, 0.25) is 10.0 Å². The molecule has 7 heteroatoms. The fraction of sp³-hybridized carbons (Fsp3) is 0.714. The monoisotopic (exact) mass is 378 g/mol. The van der Waals surface area contributed by atoms with Crippen molar-refractivity contribution in [3.8, 4) is 0 Å². The lowest BCUT2D eigenvalue weighted by Gasteiger charge is -2.40.